The highest BCUT2D eigenvalue weighted by molar-refractivity contribution is 5.29. The topological polar surface area (TPSA) is 48.3 Å². The molecule has 3 rings (SSSR count). The van der Waals surface area contributed by atoms with E-state index in [-0.39, 0.29) is 6.10 Å². The molecule has 0 aliphatic carbocycles. The fraction of sp³-hybridized carbons (Fsp3) is 0.500. The number of hydrogen-bond donors (Lipinski definition) is 1. The first-order valence-electron chi connectivity index (χ1n) is 8.15. The molecular formula is C18H25N3O2. The minimum absolute atomic E-state index is 0.0399. The van der Waals surface area contributed by atoms with Gasteiger partial charge in [-0.25, -0.2) is 4.98 Å². The molecule has 0 saturated carbocycles. The first-order chi connectivity index (χ1) is 11.2. The number of hydrogen-bond acceptors (Lipinski definition) is 4. The van der Waals surface area contributed by atoms with Gasteiger partial charge in [0.25, 0.3) is 0 Å². The maximum atomic E-state index is 5.90. The Morgan fingerprint density at radius 1 is 1.39 bits per heavy atom. The molecule has 124 valence electrons. The quantitative estimate of drug-likeness (QED) is 0.890. The molecule has 1 aromatic heterocycles. The molecule has 1 aromatic carbocycles. The number of nitrogens with one attached hydrogen (secondary N) is 1. The summed E-state index contributed by atoms with van der Waals surface area (Å²) in [6.45, 7) is 3.94. The number of nitrogens with zero attached hydrogens (tertiary/aromatic N) is 2. The van der Waals surface area contributed by atoms with Gasteiger partial charge in [-0.2, -0.15) is 0 Å². The van der Waals surface area contributed by atoms with E-state index in [0.717, 1.165) is 31.1 Å². The molecule has 0 spiro atoms. The maximum absolute atomic E-state index is 5.90. The smallest absolute Gasteiger partial charge is 0.139 e. The SMILES string of the molecule is COc1ccc(C(C)CN[C@H]2CCO[C@@H]2c2nccn2C)cc1. The van der Waals surface area contributed by atoms with Gasteiger partial charge < -0.3 is 19.4 Å². The minimum Gasteiger partial charge on any atom is -0.497 e. The van der Waals surface area contributed by atoms with Crippen LogP contribution in [0, 0.1) is 0 Å². The number of rotatable bonds is 6. The van der Waals surface area contributed by atoms with Gasteiger partial charge in [0.05, 0.1) is 7.11 Å². The Kier molecular flexibility index (Phi) is 4.98. The second-order valence-electron chi connectivity index (χ2n) is 6.17. The van der Waals surface area contributed by atoms with Crippen LogP contribution in [0.2, 0.25) is 0 Å². The van der Waals surface area contributed by atoms with Crippen LogP contribution in [0.15, 0.2) is 36.7 Å². The van der Waals surface area contributed by atoms with Crippen molar-refractivity contribution < 1.29 is 9.47 Å². The molecule has 2 aromatic rings. The van der Waals surface area contributed by atoms with Crippen LogP contribution in [0.3, 0.4) is 0 Å². The predicted octanol–water partition coefficient (Wildman–Crippen LogP) is 2.65. The maximum Gasteiger partial charge on any atom is 0.139 e. The van der Waals surface area contributed by atoms with Gasteiger partial charge in [0.2, 0.25) is 0 Å². The molecule has 1 saturated heterocycles. The van der Waals surface area contributed by atoms with Crippen LogP contribution in [0.1, 0.15) is 36.8 Å². The van der Waals surface area contributed by atoms with Crippen molar-refractivity contribution >= 4 is 0 Å². The third-order valence-corrected chi connectivity index (χ3v) is 4.58. The summed E-state index contributed by atoms with van der Waals surface area (Å²) in [6.07, 6.45) is 4.85. The molecule has 1 unspecified atom stereocenters. The number of aryl methyl sites for hydroxylation is 1. The van der Waals surface area contributed by atoms with Crippen molar-refractivity contribution in [2.24, 2.45) is 7.05 Å². The van der Waals surface area contributed by atoms with Gasteiger partial charge >= 0.3 is 0 Å². The fourth-order valence-electron chi connectivity index (χ4n) is 3.08. The molecule has 1 aliphatic heterocycles. The Morgan fingerprint density at radius 2 is 2.17 bits per heavy atom. The molecule has 1 N–H and O–H groups in total. The predicted molar refractivity (Wildman–Crippen MR) is 89.7 cm³/mol. The summed E-state index contributed by atoms with van der Waals surface area (Å²) in [5, 5.41) is 3.66. The van der Waals surface area contributed by atoms with E-state index in [0.29, 0.717) is 12.0 Å². The van der Waals surface area contributed by atoms with Crippen molar-refractivity contribution in [2.75, 3.05) is 20.3 Å². The second kappa shape index (κ2) is 7.15. The lowest BCUT2D eigenvalue weighted by Crippen LogP contribution is -2.35. The zero-order chi connectivity index (χ0) is 16.2. The lowest BCUT2D eigenvalue weighted by atomic mass is 10.00. The first-order valence-corrected chi connectivity index (χ1v) is 8.15. The summed E-state index contributed by atoms with van der Waals surface area (Å²) in [6, 6.07) is 8.61. The number of methoxy groups -OCH3 is 1. The zero-order valence-corrected chi connectivity index (χ0v) is 14.0. The van der Waals surface area contributed by atoms with Crippen LogP contribution in [0.25, 0.3) is 0 Å². The van der Waals surface area contributed by atoms with Gasteiger partial charge in [0.1, 0.15) is 17.7 Å². The third kappa shape index (κ3) is 3.57. The highest BCUT2D eigenvalue weighted by Crippen LogP contribution is 2.28. The summed E-state index contributed by atoms with van der Waals surface area (Å²) in [4.78, 5) is 4.44. The molecule has 0 radical (unpaired) electrons. The van der Waals surface area contributed by atoms with Crippen molar-refractivity contribution in [3.63, 3.8) is 0 Å². The summed E-state index contributed by atoms with van der Waals surface area (Å²) in [5.41, 5.74) is 1.31. The van der Waals surface area contributed by atoms with E-state index in [9.17, 15) is 0 Å². The molecule has 3 atom stereocenters. The molecule has 23 heavy (non-hydrogen) atoms. The molecule has 0 amide bonds. The Hall–Kier alpha value is -1.85. The molecule has 1 fully saturated rings. The molecule has 1 aliphatic rings. The largest absolute Gasteiger partial charge is 0.497 e. The number of imidazole rings is 1. The Labute approximate surface area is 137 Å². The summed E-state index contributed by atoms with van der Waals surface area (Å²) in [5.74, 6) is 2.33. The Balaban J connectivity index is 1.59. The van der Waals surface area contributed by atoms with E-state index in [2.05, 4.69) is 29.4 Å². The Bertz CT molecular complexity index is 623. The van der Waals surface area contributed by atoms with Gasteiger partial charge in [-0.05, 0) is 30.0 Å². The van der Waals surface area contributed by atoms with Crippen molar-refractivity contribution in [2.45, 2.75) is 31.4 Å². The standard InChI is InChI=1S/C18H25N3O2/c1-13(14-4-6-15(22-3)7-5-14)12-20-16-8-11-23-17(16)18-19-9-10-21(18)2/h4-7,9-10,13,16-17,20H,8,11-12H2,1-3H3/t13?,16-,17-/m0/s1. The third-order valence-electron chi connectivity index (χ3n) is 4.58. The molecule has 5 nitrogen and oxygen atoms in total. The fourth-order valence-corrected chi connectivity index (χ4v) is 3.08. The lowest BCUT2D eigenvalue weighted by molar-refractivity contribution is 0.0894. The zero-order valence-electron chi connectivity index (χ0n) is 14.0. The number of benzene rings is 1. The van der Waals surface area contributed by atoms with E-state index in [1.165, 1.54) is 5.56 Å². The van der Waals surface area contributed by atoms with Crippen molar-refractivity contribution in [3.8, 4) is 5.75 Å². The van der Waals surface area contributed by atoms with Gasteiger partial charge in [-0.3, -0.25) is 0 Å². The highest BCUT2D eigenvalue weighted by atomic mass is 16.5. The van der Waals surface area contributed by atoms with Gasteiger partial charge in [-0.1, -0.05) is 19.1 Å². The van der Waals surface area contributed by atoms with Crippen molar-refractivity contribution in [3.05, 3.63) is 48.0 Å². The van der Waals surface area contributed by atoms with E-state index < -0.39 is 0 Å². The molecule has 5 heteroatoms. The van der Waals surface area contributed by atoms with Crippen molar-refractivity contribution in [1.29, 1.82) is 0 Å². The van der Waals surface area contributed by atoms with Crippen LogP contribution in [-0.4, -0.2) is 35.9 Å². The first kappa shape index (κ1) is 16.0. The van der Waals surface area contributed by atoms with E-state index in [4.69, 9.17) is 9.47 Å². The highest BCUT2D eigenvalue weighted by Gasteiger charge is 2.32. The average Bonchev–Trinajstić information content (AvgIpc) is 3.20. The van der Waals surface area contributed by atoms with E-state index in [1.807, 2.05) is 36.1 Å². The van der Waals surface area contributed by atoms with E-state index >= 15 is 0 Å². The molecule has 2 heterocycles. The van der Waals surface area contributed by atoms with Gasteiger partial charge in [0.15, 0.2) is 0 Å². The monoisotopic (exact) mass is 315 g/mol. The van der Waals surface area contributed by atoms with Crippen LogP contribution in [0.5, 0.6) is 5.75 Å². The summed E-state index contributed by atoms with van der Waals surface area (Å²) >= 11 is 0. The molecular weight excluding hydrogens is 290 g/mol. The summed E-state index contributed by atoms with van der Waals surface area (Å²) < 4.78 is 13.2. The summed E-state index contributed by atoms with van der Waals surface area (Å²) in [7, 11) is 3.71. The van der Waals surface area contributed by atoms with Gasteiger partial charge in [-0.15, -0.1) is 0 Å². The van der Waals surface area contributed by atoms with E-state index in [1.54, 1.807) is 7.11 Å². The molecule has 0 bridgehead atoms. The minimum atomic E-state index is 0.0399. The number of ether oxygens (including phenoxy) is 2. The van der Waals surface area contributed by atoms with Crippen molar-refractivity contribution in [1.82, 2.24) is 14.9 Å². The normalized spacial score (nSPS) is 22.2. The van der Waals surface area contributed by atoms with Crippen LogP contribution >= 0.6 is 0 Å². The van der Waals surface area contributed by atoms with Crippen LogP contribution in [-0.2, 0) is 11.8 Å². The van der Waals surface area contributed by atoms with Crippen LogP contribution in [0.4, 0.5) is 0 Å². The number of aromatic nitrogens is 2. The second-order valence-corrected chi connectivity index (χ2v) is 6.17. The van der Waals surface area contributed by atoms with Crippen LogP contribution < -0.4 is 10.1 Å². The van der Waals surface area contributed by atoms with Gasteiger partial charge in [0, 0.05) is 38.6 Å². The lowest BCUT2D eigenvalue weighted by Gasteiger charge is -2.22. The average molecular weight is 315 g/mol. The Morgan fingerprint density at radius 3 is 2.83 bits per heavy atom.